The molecule has 25 heteroatoms. The standard InChI is InChI=1S/C54H86O25/c1-49(2)13-15-54(16-14-51(4)22(23(54)17-49)7-8-28-50(3)11-10-30(58)53(6,47(69)70)29(50)9-12-52(28,51)5)48(71)79-46-42(37(65)33(61)27(76-46)21-72-43-38(66)35(63)31(59)24(18-55)73-43)78-45-40(68)41(34(62)26(20-57)75-45)77-44-39(67)36(64)32(60)25(19-56)74-44/h7,23-46,55-68H,8-21H2,1-6H3,(H,69,70)/t23-,24+,25+,26+,27+,28+,29+,30-,31-,32+,33+,34+,35-,36-,37-,38+,39+,40+,41-,42+,43+,44-,45-,46-,50+,51+,52+,53-,54-/m0/s1. The van der Waals surface area contributed by atoms with Gasteiger partial charge in [-0.2, -0.15) is 0 Å². The van der Waals surface area contributed by atoms with Crippen LogP contribution in [0.5, 0.6) is 0 Å². The summed E-state index contributed by atoms with van der Waals surface area (Å²) < 4.78 is 47.2. The van der Waals surface area contributed by atoms with Crippen LogP contribution in [0.15, 0.2) is 11.6 Å². The minimum atomic E-state index is -2.13. The van der Waals surface area contributed by atoms with Crippen LogP contribution in [0, 0.1) is 50.2 Å². The first-order chi connectivity index (χ1) is 37.0. The van der Waals surface area contributed by atoms with Crippen LogP contribution < -0.4 is 0 Å². The molecule has 0 radical (unpaired) electrons. The Hall–Kier alpha value is -2.16. The summed E-state index contributed by atoms with van der Waals surface area (Å²) in [6.07, 6.45) is -30.4. The smallest absolute Gasteiger partial charge is 0.315 e. The summed E-state index contributed by atoms with van der Waals surface area (Å²) in [6, 6.07) is 0. The van der Waals surface area contributed by atoms with Gasteiger partial charge in [-0.1, -0.05) is 46.3 Å². The highest BCUT2D eigenvalue weighted by Crippen LogP contribution is 2.76. The number of hydrogen-bond acceptors (Lipinski definition) is 24. The van der Waals surface area contributed by atoms with Crippen molar-refractivity contribution in [1.82, 2.24) is 0 Å². The van der Waals surface area contributed by atoms with Gasteiger partial charge in [-0.05, 0) is 111 Å². The fourth-order valence-electron chi connectivity index (χ4n) is 16.3. The van der Waals surface area contributed by atoms with E-state index in [1.807, 2.05) is 0 Å². The number of carbonyl (C=O) groups excluding carboxylic acids is 1. The molecule has 4 saturated heterocycles. The van der Waals surface area contributed by atoms with E-state index in [4.69, 9.17) is 37.9 Å². The third-order valence-electron chi connectivity index (χ3n) is 21.5. The summed E-state index contributed by atoms with van der Waals surface area (Å²) in [5.74, 6) is -2.39. The number of allylic oxidation sites excluding steroid dienone is 2. The lowest BCUT2D eigenvalue weighted by Gasteiger charge is -2.71. The van der Waals surface area contributed by atoms with E-state index in [9.17, 15) is 81.4 Å². The molecule has 25 nitrogen and oxygen atoms in total. The van der Waals surface area contributed by atoms with Gasteiger partial charge in [0.2, 0.25) is 6.29 Å². The van der Waals surface area contributed by atoms with E-state index in [2.05, 4.69) is 40.7 Å². The second kappa shape index (κ2) is 22.4. The number of carboxylic acid groups (broad SMARTS) is 1. The van der Waals surface area contributed by atoms with E-state index in [1.54, 1.807) is 6.92 Å². The Labute approximate surface area is 457 Å². The quantitative estimate of drug-likeness (QED) is 0.0647. The first-order valence-electron chi connectivity index (χ1n) is 28.0. The molecule has 79 heavy (non-hydrogen) atoms. The minimum Gasteiger partial charge on any atom is -0.481 e. The van der Waals surface area contributed by atoms with Crippen molar-refractivity contribution >= 4 is 11.9 Å². The Balaban J connectivity index is 1.03. The molecule has 15 N–H and O–H groups in total. The molecule has 5 aliphatic carbocycles. The van der Waals surface area contributed by atoms with Crippen molar-refractivity contribution in [3.05, 3.63) is 11.6 Å². The number of aliphatic hydroxyl groups excluding tert-OH is 14. The molecule has 9 rings (SSSR count). The first kappa shape index (κ1) is 61.4. The lowest BCUT2D eigenvalue weighted by Crippen LogP contribution is -2.67. The van der Waals surface area contributed by atoms with Crippen molar-refractivity contribution < 1.29 is 124 Å². The number of aliphatic hydroxyl groups is 14. The van der Waals surface area contributed by atoms with Gasteiger partial charge in [0.1, 0.15) is 91.6 Å². The number of aliphatic carboxylic acids is 1. The largest absolute Gasteiger partial charge is 0.481 e. The van der Waals surface area contributed by atoms with Crippen molar-refractivity contribution in [1.29, 1.82) is 0 Å². The maximum Gasteiger partial charge on any atom is 0.315 e. The molecule has 0 aromatic carbocycles. The third kappa shape index (κ3) is 9.95. The molecule has 4 saturated carbocycles. The summed E-state index contributed by atoms with van der Waals surface area (Å²) in [4.78, 5) is 28.7. The second-order valence-electron chi connectivity index (χ2n) is 26.1. The fraction of sp³-hybridized carbons (Fsp3) is 0.926. The van der Waals surface area contributed by atoms with E-state index in [1.165, 1.54) is 0 Å². The second-order valence-corrected chi connectivity index (χ2v) is 26.1. The number of ether oxygens (including phenoxy) is 8. The van der Waals surface area contributed by atoms with Crippen molar-refractivity contribution in [2.45, 2.75) is 235 Å². The van der Waals surface area contributed by atoms with Crippen molar-refractivity contribution in [3.63, 3.8) is 0 Å². The van der Waals surface area contributed by atoms with Gasteiger partial charge >= 0.3 is 11.9 Å². The number of carbonyl (C=O) groups is 2. The van der Waals surface area contributed by atoms with Crippen molar-refractivity contribution in [2.75, 3.05) is 26.4 Å². The van der Waals surface area contributed by atoms with Crippen molar-refractivity contribution in [2.24, 2.45) is 50.2 Å². The predicted octanol–water partition coefficient (Wildman–Crippen LogP) is -2.97. The predicted molar refractivity (Wildman–Crippen MR) is 265 cm³/mol. The zero-order valence-electron chi connectivity index (χ0n) is 45.6. The van der Waals surface area contributed by atoms with Crippen LogP contribution in [0.1, 0.15) is 106 Å². The number of esters is 1. The molecule has 0 aromatic rings. The van der Waals surface area contributed by atoms with E-state index >= 15 is 4.79 Å². The van der Waals surface area contributed by atoms with Crippen LogP contribution in [-0.2, 0) is 47.5 Å². The van der Waals surface area contributed by atoms with E-state index in [-0.39, 0.29) is 22.7 Å². The van der Waals surface area contributed by atoms with Gasteiger partial charge in [0.15, 0.2) is 25.0 Å². The molecule has 9 aliphatic rings. The van der Waals surface area contributed by atoms with Crippen molar-refractivity contribution in [3.8, 4) is 0 Å². The zero-order valence-corrected chi connectivity index (χ0v) is 45.6. The molecule has 0 spiro atoms. The van der Waals surface area contributed by atoms with Gasteiger partial charge in [0.25, 0.3) is 0 Å². The van der Waals surface area contributed by atoms with Gasteiger partial charge in [-0.15, -0.1) is 0 Å². The van der Waals surface area contributed by atoms with Crippen LogP contribution in [-0.4, -0.2) is 244 Å². The maximum absolute atomic E-state index is 15.7. The number of carboxylic acids is 1. The molecule has 0 bridgehead atoms. The highest BCUT2D eigenvalue weighted by Gasteiger charge is 2.71. The summed E-state index contributed by atoms with van der Waals surface area (Å²) in [5.41, 5.74) is -2.96. The minimum absolute atomic E-state index is 0.0458. The molecule has 4 heterocycles. The fourth-order valence-corrected chi connectivity index (χ4v) is 16.3. The zero-order chi connectivity index (χ0) is 57.9. The lowest BCUT2D eigenvalue weighted by atomic mass is 9.33. The average Bonchev–Trinajstić information content (AvgIpc) is 3.14. The van der Waals surface area contributed by atoms with Crippen LogP contribution in [0.25, 0.3) is 0 Å². The Kier molecular flexibility index (Phi) is 17.4. The Morgan fingerprint density at radius 1 is 0.557 bits per heavy atom. The van der Waals surface area contributed by atoms with E-state index in [0.717, 1.165) is 5.57 Å². The SMILES string of the molecule is CC1(C)CC[C@]2(C(=O)O[C@@H]3O[C@H](CO[C@@H]4O[C@H](CO)[C@H](O)[C@H](O)[C@H]4O)[C@@H](O)[C@H](O)[C@H]3O[C@@H]3O[C@H](CO)[C@@H](O)[C@H](O[C@@H]4O[C@H](CO)[C@@H](O)[C@H](O)[C@H]4O)[C@H]3O)CC[C@]3(C)C(=CC[C@@H]4[C@@]5(C)CC[C@H](O)[C@@](C)(C(=O)O)[C@@H]5CC[C@]43C)[C@@H]2C1. The molecule has 4 aliphatic heterocycles. The molecule has 8 fully saturated rings. The van der Waals surface area contributed by atoms with Crippen LogP contribution in [0.2, 0.25) is 0 Å². The molecule has 0 aromatic heterocycles. The molecule has 452 valence electrons. The number of fused-ring (bicyclic) bond motifs is 7. The molecular weight excluding hydrogens is 1050 g/mol. The van der Waals surface area contributed by atoms with Gasteiger partial charge < -0.3 is 114 Å². The summed E-state index contributed by atoms with van der Waals surface area (Å²) in [5, 5.41) is 162. The van der Waals surface area contributed by atoms with Gasteiger partial charge in [-0.25, -0.2) is 0 Å². The van der Waals surface area contributed by atoms with Crippen LogP contribution >= 0.6 is 0 Å². The molecule has 0 amide bonds. The topological polar surface area (TPSA) is 411 Å². The summed E-state index contributed by atoms with van der Waals surface area (Å²) in [7, 11) is 0. The van der Waals surface area contributed by atoms with Gasteiger partial charge in [0.05, 0.1) is 43.4 Å². The number of hydrogen-bond donors (Lipinski definition) is 15. The summed E-state index contributed by atoms with van der Waals surface area (Å²) >= 11 is 0. The lowest BCUT2D eigenvalue weighted by molar-refractivity contribution is -0.385. The highest BCUT2D eigenvalue weighted by molar-refractivity contribution is 5.79. The van der Waals surface area contributed by atoms with Gasteiger partial charge in [0, 0.05) is 0 Å². The van der Waals surface area contributed by atoms with E-state index in [0.29, 0.717) is 64.2 Å². The summed E-state index contributed by atoms with van der Waals surface area (Å²) in [6.45, 7) is 9.40. The average molecular weight is 1140 g/mol. The Morgan fingerprint density at radius 2 is 1.09 bits per heavy atom. The number of rotatable bonds is 13. The molecule has 29 atom stereocenters. The van der Waals surface area contributed by atoms with E-state index < -0.39 is 195 Å². The normalized spacial score (nSPS) is 53.5. The molecule has 0 unspecified atom stereocenters. The third-order valence-corrected chi connectivity index (χ3v) is 21.5. The maximum atomic E-state index is 15.7. The van der Waals surface area contributed by atoms with Gasteiger partial charge in [-0.3, -0.25) is 9.59 Å². The van der Waals surface area contributed by atoms with Crippen LogP contribution in [0.4, 0.5) is 0 Å². The first-order valence-corrected chi connectivity index (χ1v) is 28.0. The molecular formula is C54H86O25. The highest BCUT2D eigenvalue weighted by atomic mass is 16.8. The Morgan fingerprint density at radius 3 is 1.70 bits per heavy atom. The van der Waals surface area contributed by atoms with Crippen LogP contribution in [0.3, 0.4) is 0 Å². The Bertz CT molecular complexity index is 2220. The monoisotopic (exact) mass is 1130 g/mol.